The van der Waals surface area contributed by atoms with Crippen molar-refractivity contribution >= 4 is 23.7 Å². The topological polar surface area (TPSA) is 89.0 Å². The molecule has 2 N–H and O–H groups in total. The SMILES string of the molecule is COc1cccc(NC(=O)C(=O)NN=Cc2ccc(OCc3ccccc3)cc2)c1. The van der Waals surface area contributed by atoms with Crippen LogP contribution in [0.15, 0.2) is 84.0 Å². The molecule has 3 rings (SSSR count). The molecule has 7 heteroatoms. The summed E-state index contributed by atoms with van der Waals surface area (Å²) < 4.78 is 10.8. The summed E-state index contributed by atoms with van der Waals surface area (Å²) in [6, 6.07) is 23.8. The normalized spacial score (nSPS) is 10.4. The highest BCUT2D eigenvalue weighted by molar-refractivity contribution is 6.39. The first kappa shape index (κ1) is 20.6. The molecule has 0 fully saturated rings. The smallest absolute Gasteiger partial charge is 0.329 e. The van der Waals surface area contributed by atoms with Crippen LogP contribution < -0.4 is 20.2 Å². The van der Waals surface area contributed by atoms with Crippen LogP contribution >= 0.6 is 0 Å². The molecule has 0 atom stereocenters. The van der Waals surface area contributed by atoms with E-state index in [9.17, 15) is 9.59 Å². The Bertz CT molecular complexity index is 1020. The molecular weight excluding hydrogens is 382 g/mol. The minimum atomic E-state index is -0.878. The molecule has 0 bridgehead atoms. The number of anilines is 1. The Morgan fingerprint density at radius 1 is 0.900 bits per heavy atom. The van der Waals surface area contributed by atoms with Crippen molar-refractivity contribution in [2.45, 2.75) is 6.61 Å². The average molecular weight is 403 g/mol. The maximum atomic E-state index is 11.9. The van der Waals surface area contributed by atoms with E-state index >= 15 is 0 Å². The zero-order chi connectivity index (χ0) is 21.2. The molecule has 2 amide bonds. The van der Waals surface area contributed by atoms with Gasteiger partial charge in [0.25, 0.3) is 0 Å². The van der Waals surface area contributed by atoms with Crippen molar-refractivity contribution in [2.75, 3.05) is 12.4 Å². The minimum absolute atomic E-state index is 0.449. The van der Waals surface area contributed by atoms with E-state index in [-0.39, 0.29) is 0 Å². The molecule has 0 aromatic heterocycles. The predicted molar refractivity (Wildman–Crippen MR) is 115 cm³/mol. The average Bonchev–Trinajstić information content (AvgIpc) is 2.79. The van der Waals surface area contributed by atoms with Crippen LogP contribution in [-0.2, 0) is 16.2 Å². The summed E-state index contributed by atoms with van der Waals surface area (Å²) >= 11 is 0. The van der Waals surface area contributed by atoms with Crippen molar-refractivity contribution in [3.63, 3.8) is 0 Å². The van der Waals surface area contributed by atoms with Crippen LogP contribution in [-0.4, -0.2) is 25.1 Å². The van der Waals surface area contributed by atoms with Gasteiger partial charge in [-0.05, 0) is 47.5 Å². The Morgan fingerprint density at radius 3 is 2.40 bits per heavy atom. The van der Waals surface area contributed by atoms with Crippen molar-refractivity contribution in [1.82, 2.24) is 5.43 Å². The molecule has 0 saturated carbocycles. The second-order valence-electron chi connectivity index (χ2n) is 6.23. The second kappa shape index (κ2) is 10.4. The van der Waals surface area contributed by atoms with Crippen LogP contribution in [0.25, 0.3) is 0 Å². The van der Waals surface area contributed by atoms with Crippen molar-refractivity contribution in [1.29, 1.82) is 0 Å². The Labute approximate surface area is 174 Å². The lowest BCUT2D eigenvalue weighted by atomic mass is 10.2. The van der Waals surface area contributed by atoms with Crippen LogP contribution in [0.4, 0.5) is 5.69 Å². The summed E-state index contributed by atoms with van der Waals surface area (Å²) in [6.45, 7) is 0.479. The van der Waals surface area contributed by atoms with Gasteiger partial charge in [-0.15, -0.1) is 0 Å². The molecule has 0 radical (unpaired) electrons. The predicted octanol–water partition coefficient (Wildman–Crippen LogP) is 3.36. The highest BCUT2D eigenvalue weighted by Gasteiger charge is 2.13. The van der Waals surface area contributed by atoms with Crippen LogP contribution in [0, 0.1) is 0 Å². The molecule has 0 saturated heterocycles. The molecule has 0 unspecified atom stereocenters. The van der Waals surface area contributed by atoms with Gasteiger partial charge >= 0.3 is 11.8 Å². The summed E-state index contributed by atoms with van der Waals surface area (Å²) in [5.74, 6) is -0.415. The summed E-state index contributed by atoms with van der Waals surface area (Å²) in [4.78, 5) is 23.8. The third-order valence-corrected chi connectivity index (χ3v) is 4.04. The first-order valence-corrected chi connectivity index (χ1v) is 9.19. The van der Waals surface area contributed by atoms with Gasteiger partial charge in [-0.3, -0.25) is 9.59 Å². The van der Waals surface area contributed by atoms with Gasteiger partial charge in [0.2, 0.25) is 0 Å². The molecular formula is C23H21N3O4. The lowest BCUT2D eigenvalue weighted by molar-refractivity contribution is -0.136. The van der Waals surface area contributed by atoms with E-state index in [2.05, 4.69) is 15.8 Å². The molecule has 7 nitrogen and oxygen atoms in total. The van der Waals surface area contributed by atoms with E-state index < -0.39 is 11.8 Å². The number of carbonyl (C=O) groups is 2. The molecule has 0 aliphatic carbocycles. The number of hydrogen-bond acceptors (Lipinski definition) is 5. The number of methoxy groups -OCH3 is 1. The molecule has 152 valence electrons. The van der Waals surface area contributed by atoms with E-state index in [1.54, 1.807) is 36.4 Å². The summed E-state index contributed by atoms with van der Waals surface area (Å²) in [5, 5.41) is 6.29. The Hall–Kier alpha value is -4.13. The highest BCUT2D eigenvalue weighted by atomic mass is 16.5. The zero-order valence-corrected chi connectivity index (χ0v) is 16.4. The molecule has 0 spiro atoms. The van der Waals surface area contributed by atoms with Gasteiger partial charge in [0.15, 0.2) is 0 Å². The fourth-order valence-corrected chi connectivity index (χ4v) is 2.50. The Kier molecular flexibility index (Phi) is 7.16. The van der Waals surface area contributed by atoms with Crippen LogP contribution in [0.2, 0.25) is 0 Å². The fourth-order valence-electron chi connectivity index (χ4n) is 2.50. The lowest BCUT2D eigenvalue weighted by Gasteiger charge is -2.06. The van der Waals surface area contributed by atoms with E-state index in [4.69, 9.17) is 9.47 Å². The van der Waals surface area contributed by atoms with E-state index in [0.717, 1.165) is 16.9 Å². The van der Waals surface area contributed by atoms with Crippen molar-refractivity contribution < 1.29 is 19.1 Å². The van der Waals surface area contributed by atoms with Crippen LogP contribution in [0.5, 0.6) is 11.5 Å². The van der Waals surface area contributed by atoms with Gasteiger partial charge in [-0.2, -0.15) is 5.10 Å². The number of nitrogens with one attached hydrogen (secondary N) is 2. The summed E-state index contributed by atoms with van der Waals surface area (Å²) in [5.41, 5.74) is 4.47. The number of hydrazone groups is 1. The molecule has 3 aromatic carbocycles. The molecule has 0 aliphatic heterocycles. The number of benzene rings is 3. The zero-order valence-electron chi connectivity index (χ0n) is 16.4. The van der Waals surface area contributed by atoms with Gasteiger partial charge in [0.1, 0.15) is 18.1 Å². The number of rotatable bonds is 7. The van der Waals surface area contributed by atoms with Crippen molar-refractivity contribution in [2.24, 2.45) is 5.10 Å². The Morgan fingerprint density at radius 2 is 1.67 bits per heavy atom. The first-order valence-electron chi connectivity index (χ1n) is 9.19. The number of hydrogen-bond donors (Lipinski definition) is 2. The van der Waals surface area contributed by atoms with E-state index in [1.807, 2.05) is 42.5 Å². The maximum absolute atomic E-state index is 11.9. The summed E-state index contributed by atoms with van der Waals surface area (Å²) in [6.07, 6.45) is 1.44. The molecule has 30 heavy (non-hydrogen) atoms. The molecule has 0 aliphatic rings. The molecule has 3 aromatic rings. The van der Waals surface area contributed by atoms with Gasteiger partial charge in [-0.1, -0.05) is 36.4 Å². The fraction of sp³-hybridized carbons (Fsp3) is 0.0870. The summed E-state index contributed by atoms with van der Waals surface area (Å²) in [7, 11) is 1.52. The second-order valence-corrected chi connectivity index (χ2v) is 6.23. The van der Waals surface area contributed by atoms with Crippen LogP contribution in [0.3, 0.4) is 0 Å². The van der Waals surface area contributed by atoms with E-state index in [1.165, 1.54) is 13.3 Å². The highest BCUT2D eigenvalue weighted by Crippen LogP contribution is 2.16. The number of amides is 2. The lowest BCUT2D eigenvalue weighted by Crippen LogP contribution is -2.32. The van der Waals surface area contributed by atoms with Crippen molar-refractivity contribution in [3.05, 3.63) is 90.0 Å². The standard InChI is InChI=1S/C23H21N3O4/c1-29-21-9-5-8-19(14-21)25-22(27)23(28)26-24-15-17-10-12-20(13-11-17)30-16-18-6-3-2-4-7-18/h2-15H,16H2,1H3,(H,25,27)(H,26,28). The third-order valence-electron chi connectivity index (χ3n) is 4.04. The number of ether oxygens (including phenoxy) is 2. The monoisotopic (exact) mass is 403 g/mol. The quantitative estimate of drug-likeness (QED) is 0.360. The van der Waals surface area contributed by atoms with Crippen molar-refractivity contribution in [3.8, 4) is 11.5 Å². The van der Waals surface area contributed by atoms with Crippen LogP contribution in [0.1, 0.15) is 11.1 Å². The van der Waals surface area contributed by atoms with Gasteiger partial charge in [0, 0.05) is 11.8 Å². The number of nitrogens with zero attached hydrogens (tertiary/aromatic N) is 1. The largest absolute Gasteiger partial charge is 0.497 e. The third kappa shape index (κ3) is 6.20. The first-order chi connectivity index (χ1) is 14.6. The maximum Gasteiger partial charge on any atom is 0.329 e. The Balaban J connectivity index is 1.47. The minimum Gasteiger partial charge on any atom is -0.497 e. The van der Waals surface area contributed by atoms with Gasteiger partial charge in [-0.25, -0.2) is 5.43 Å². The molecule has 0 heterocycles. The van der Waals surface area contributed by atoms with E-state index in [0.29, 0.717) is 18.0 Å². The number of carbonyl (C=O) groups excluding carboxylic acids is 2. The van der Waals surface area contributed by atoms with Gasteiger partial charge in [0.05, 0.1) is 13.3 Å². The van der Waals surface area contributed by atoms with Gasteiger partial charge < -0.3 is 14.8 Å².